The first-order valence-electron chi connectivity index (χ1n) is 9.04. The number of hydrogen-bond acceptors (Lipinski definition) is 4. The van der Waals surface area contributed by atoms with Crippen molar-refractivity contribution >= 4 is 46.5 Å². The van der Waals surface area contributed by atoms with Crippen LogP contribution in [0.4, 0.5) is 17.6 Å². The highest BCUT2D eigenvalue weighted by Crippen LogP contribution is 2.42. The second-order valence-corrected chi connectivity index (χ2v) is 7.83. The number of hydrogen-bond donors (Lipinski definition) is 2. The zero-order chi connectivity index (χ0) is 24.3. The summed E-state index contributed by atoms with van der Waals surface area (Å²) in [7, 11) is 0. The number of hydrazine groups is 1. The number of nitrogens with zero attached hydrogens (tertiary/aromatic N) is 2. The van der Waals surface area contributed by atoms with Crippen molar-refractivity contribution in [1.82, 2.24) is 15.4 Å². The molecule has 0 spiro atoms. The molecule has 1 aromatic heterocycles. The molecule has 0 aliphatic rings. The number of nitrogens with two attached hydrogens (primary N) is 1. The molecule has 0 fully saturated rings. The molecule has 33 heavy (non-hydrogen) atoms. The summed E-state index contributed by atoms with van der Waals surface area (Å²) < 4.78 is 56.5. The van der Waals surface area contributed by atoms with Gasteiger partial charge in [0.25, 0.3) is 5.91 Å². The predicted octanol–water partition coefficient (Wildman–Crippen LogP) is 6.36. The Morgan fingerprint density at radius 1 is 1.06 bits per heavy atom. The van der Waals surface area contributed by atoms with Crippen LogP contribution in [0.25, 0.3) is 17.2 Å². The molecular weight excluding hydrogens is 507 g/mol. The van der Waals surface area contributed by atoms with Crippen molar-refractivity contribution in [3.05, 3.63) is 86.6 Å². The van der Waals surface area contributed by atoms with Gasteiger partial charge in [-0.25, -0.2) is 20.2 Å². The molecule has 5 nitrogen and oxygen atoms in total. The molecule has 0 aliphatic carbocycles. The first kappa shape index (κ1) is 24.9. The summed E-state index contributed by atoms with van der Waals surface area (Å²) in [5.41, 5.74) is 1.37. The van der Waals surface area contributed by atoms with E-state index in [-0.39, 0.29) is 37.6 Å². The number of nitrogen functional groups attached to an aromatic ring is 1. The fourth-order valence-corrected chi connectivity index (χ4v) is 3.58. The molecular formula is C21H13Cl3F4N4O. The van der Waals surface area contributed by atoms with Crippen molar-refractivity contribution in [1.29, 1.82) is 0 Å². The van der Waals surface area contributed by atoms with Gasteiger partial charge in [0.15, 0.2) is 5.82 Å². The van der Waals surface area contributed by atoms with Crippen molar-refractivity contribution in [3.63, 3.8) is 0 Å². The van der Waals surface area contributed by atoms with Gasteiger partial charge in [0.2, 0.25) is 0 Å². The van der Waals surface area contributed by atoms with Crippen LogP contribution in [0, 0.1) is 0 Å². The highest BCUT2D eigenvalue weighted by molar-refractivity contribution is 6.48. The molecule has 0 bridgehead atoms. The summed E-state index contributed by atoms with van der Waals surface area (Å²) >= 11 is 17.5. The summed E-state index contributed by atoms with van der Waals surface area (Å²) in [5, 5.41) is -0.528. The lowest BCUT2D eigenvalue weighted by Crippen LogP contribution is -2.30. The second kappa shape index (κ2) is 10.0. The zero-order valence-electron chi connectivity index (χ0n) is 16.3. The van der Waals surface area contributed by atoms with Gasteiger partial charge >= 0.3 is 6.18 Å². The number of carbonyl (C=O) groups is 1. The quantitative estimate of drug-likeness (QED) is 0.135. The molecule has 1 atom stereocenters. The Kier molecular flexibility index (Phi) is 7.58. The number of carbonyl (C=O) groups excluding carboxylic acids is 1. The van der Waals surface area contributed by atoms with Crippen molar-refractivity contribution < 1.29 is 22.4 Å². The molecule has 0 radical (unpaired) electrons. The van der Waals surface area contributed by atoms with Crippen LogP contribution in [-0.2, 0) is 0 Å². The molecule has 172 valence electrons. The number of allylic oxidation sites excluding steroid dienone is 1. The van der Waals surface area contributed by atoms with Gasteiger partial charge in [-0.1, -0.05) is 40.9 Å². The molecule has 12 heteroatoms. The summed E-state index contributed by atoms with van der Waals surface area (Å²) in [5.74, 6) is 0.922. The number of benzene rings is 2. The van der Waals surface area contributed by atoms with Gasteiger partial charge < -0.3 is 0 Å². The lowest BCUT2D eigenvalue weighted by atomic mass is 9.95. The van der Waals surface area contributed by atoms with E-state index in [9.17, 15) is 18.0 Å². The number of aromatic nitrogens is 2. The fourth-order valence-electron chi connectivity index (χ4n) is 2.97. The minimum absolute atomic E-state index is 0.00360. The van der Waals surface area contributed by atoms with E-state index in [0.29, 0.717) is 6.08 Å². The fraction of sp³-hybridized carbons (Fsp3) is 0.0952. The van der Waals surface area contributed by atoms with Gasteiger partial charge in [-0.05, 0) is 42.0 Å². The lowest BCUT2D eigenvalue weighted by Gasteiger charge is -2.19. The zero-order valence-corrected chi connectivity index (χ0v) is 18.6. The second-order valence-electron chi connectivity index (χ2n) is 6.64. The lowest BCUT2D eigenvalue weighted by molar-refractivity contribution is -0.139. The third kappa shape index (κ3) is 5.62. The topological polar surface area (TPSA) is 80.9 Å². The van der Waals surface area contributed by atoms with Gasteiger partial charge in [-0.15, -0.1) is 0 Å². The first-order valence-corrected chi connectivity index (χ1v) is 10.2. The van der Waals surface area contributed by atoms with Gasteiger partial charge in [-0.3, -0.25) is 10.2 Å². The number of nitrogens with one attached hydrogen (secondary N) is 1. The van der Waals surface area contributed by atoms with Crippen LogP contribution in [0.2, 0.25) is 15.1 Å². The number of halogens is 7. The summed E-state index contributed by atoms with van der Waals surface area (Å²) in [4.78, 5) is 20.1. The van der Waals surface area contributed by atoms with Gasteiger partial charge in [-0.2, -0.15) is 13.2 Å². The summed E-state index contributed by atoms with van der Waals surface area (Å²) in [6, 6.07) is 6.95. The highest BCUT2D eigenvalue weighted by atomic mass is 35.5. The molecule has 1 heterocycles. The maximum atomic E-state index is 15.1. The minimum Gasteiger partial charge on any atom is -0.290 e. The molecule has 0 saturated heterocycles. The van der Waals surface area contributed by atoms with Crippen molar-refractivity contribution in [2.45, 2.75) is 12.1 Å². The van der Waals surface area contributed by atoms with Gasteiger partial charge in [0.05, 0.1) is 20.6 Å². The average Bonchev–Trinajstić information content (AvgIpc) is 2.79. The average molecular weight is 520 g/mol. The maximum Gasteiger partial charge on any atom is 0.399 e. The van der Waals surface area contributed by atoms with Crippen LogP contribution >= 0.6 is 34.8 Å². The molecule has 3 rings (SSSR count). The number of rotatable bonds is 5. The predicted molar refractivity (Wildman–Crippen MR) is 118 cm³/mol. The van der Waals surface area contributed by atoms with E-state index in [1.54, 1.807) is 0 Å². The minimum atomic E-state index is -4.87. The van der Waals surface area contributed by atoms with Gasteiger partial charge in [0.1, 0.15) is 11.7 Å². The van der Waals surface area contributed by atoms with Crippen LogP contribution in [-0.4, -0.2) is 22.1 Å². The molecule has 1 amide bonds. The first-order chi connectivity index (χ1) is 15.5. The van der Waals surface area contributed by atoms with E-state index >= 15 is 4.39 Å². The third-order valence-electron chi connectivity index (χ3n) is 4.51. The maximum absolute atomic E-state index is 15.1. The van der Waals surface area contributed by atoms with Crippen LogP contribution < -0.4 is 11.3 Å². The van der Waals surface area contributed by atoms with Crippen molar-refractivity contribution in [3.8, 4) is 11.4 Å². The van der Waals surface area contributed by atoms with E-state index in [1.165, 1.54) is 24.5 Å². The van der Waals surface area contributed by atoms with Crippen LogP contribution in [0.1, 0.15) is 27.4 Å². The Morgan fingerprint density at radius 3 is 2.21 bits per heavy atom. The van der Waals surface area contributed by atoms with Crippen LogP contribution in [0.3, 0.4) is 0 Å². The monoisotopic (exact) mass is 518 g/mol. The normalized spacial score (nSPS) is 13.0. The third-order valence-corrected chi connectivity index (χ3v) is 5.71. The Balaban J connectivity index is 2.13. The van der Waals surface area contributed by atoms with E-state index in [4.69, 9.17) is 40.6 Å². The standard InChI is InChI=1S/C21H13Cl3F4N4O/c22-15-7-11(8-16(23)18(15)24)14(21(26,27)28)9-17(25)10-2-3-12(20(33)32-29)13(6-10)19-30-4-1-5-31-19/h1-9,14H,29H2,(H,32,33). The summed E-state index contributed by atoms with van der Waals surface area (Å²) in [6.07, 6.45) is -1.72. The molecule has 0 saturated carbocycles. The van der Waals surface area contributed by atoms with Crippen molar-refractivity contribution in [2.75, 3.05) is 0 Å². The molecule has 3 aromatic rings. The van der Waals surface area contributed by atoms with Crippen molar-refractivity contribution in [2.24, 2.45) is 5.84 Å². The van der Waals surface area contributed by atoms with E-state index < -0.39 is 29.4 Å². The molecule has 0 aliphatic heterocycles. The van der Waals surface area contributed by atoms with E-state index in [1.807, 2.05) is 5.43 Å². The van der Waals surface area contributed by atoms with E-state index in [2.05, 4.69) is 9.97 Å². The van der Waals surface area contributed by atoms with Crippen LogP contribution in [0.5, 0.6) is 0 Å². The van der Waals surface area contributed by atoms with Gasteiger partial charge in [0, 0.05) is 23.5 Å². The Bertz CT molecular complexity index is 1200. The molecule has 3 N–H and O–H groups in total. The Labute approximate surface area is 200 Å². The Morgan fingerprint density at radius 2 is 1.67 bits per heavy atom. The SMILES string of the molecule is NNC(=O)c1ccc(C(F)=CC(c2cc(Cl)c(Cl)c(Cl)c2)C(F)(F)F)cc1-c1ncccn1. The summed E-state index contributed by atoms with van der Waals surface area (Å²) in [6.45, 7) is 0. The molecule has 2 aromatic carbocycles. The highest BCUT2D eigenvalue weighted by Gasteiger charge is 2.40. The van der Waals surface area contributed by atoms with E-state index in [0.717, 1.165) is 24.3 Å². The largest absolute Gasteiger partial charge is 0.399 e. The molecule has 1 unspecified atom stereocenters. The number of amides is 1. The number of alkyl halides is 3. The smallest absolute Gasteiger partial charge is 0.290 e. The Hall–Kier alpha value is -2.72. The van der Waals surface area contributed by atoms with Crippen LogP contribution in [0.15, 0.2) is 54.9 Å².